The summed E-state index contributed by atoms with van der Waals surface area (Å²) in [5.74, 6) is 0.610. The van der Waals surface area contributed by atoms with E-state index in [1.54, 1.807) is 0 Å². The Morgan fingerprint density at radius 1 is 1.21 bits per heavy atom. The van der Waals surface area contributed by atoms with Crippen LogP contribution < -0.4 is 0 Å². The monoisotopic (exact) mass is 392 g/mol. The van der Waals surface area contributed by atoms with Gasteiger partial charge in [0.05, 0.1) is 12.1 Å². The van der Waals surface area contributed by atoms with Crippen molar-refractivity contribution < 1.29 is 14.3 Å². The molecule has 1 aromatic heterocycles. The highest BCUT2D eigenvalue weighted by Gasteiger charge is 2.28. The van der Waals surface area contributed by atoms with Crippen molar-refractivity contribution in [2.75, 3.05) is 39.3 Å². The number of β-amino-alcohol motifs (C(OH)–C–C–N with tert-alkyl or cyclic N) is 1. The number of oxazole rings is 1. The fourth-order valence-electron chi connectivity index (χ4n) is 4.43. The van der Waals surface area contributed by atoms with E-state index in [0.717, 1.165) is 45.6 Å². The predicted octanol–water partition coefficient (Wildman–Crippen LogP) is 2.36. The lowest BCUT2D eigenvalue weighted by Gasteiger charge is -2.36. The third-order valence-electron chi connectivity index (χ3n) is 5.82. The van der Waals surface area contributed by atoms with Gasteiger partial charge in [0.1, 0.15) is 6.26 Å². The van der Waals surface area contributed by atoms with E-state index in [-0.39, 0.29) is 5.91 Å². The summed E-state index contributed by atoms with van der Waals surface area (Å²) in [6, 6.07) is 0.343. The third-order valence-corrected chi connectivity index (χ3v) is 5.82. The van der Waals surface area contributed by atoms with Crippen LogP contribution in [0.1, 0.15) is 69.3 Å². The average molecular weight is 393 g/mol. The van der Waals surface area contributed by atoms with Crippen LogP contribution in [0.2, 0.25) is 0 Å². The Kier molecular flexibility index (Phi) is 7.12. The van der Waals surface area contributed by atoms with E-state index in [9.17, 15) is 9.90 Å². The first-order valence-electron chi connectivity index (χ1n) is 10.8. The normalized spacial score (nSPS) is 20.4. The minimum Gasteiger partial charge on any atom is -0.447 e. The molecule has 0 atom stereocenters. The lowest BCUT2D eigenvalue weighted by molar-refractivity contribution is 0.0156. The highest BCUT2D eigenvalue weighted by atomic mass is 16.3. The van der Waals surface area contributed by atoms with Gasteiger partial charge in [0.25, 0.3) is 5.91 Å². The summed E-state index contributed by atoms with van der Waals surface area (Å²) in [5.41, 5.74) is -0.230. The van der Waals surface area contributed by atoms with Crippen LogP contribution in [-0.4, -0.2) is 81.6 Å². The maximum atomic E-state index is 12.9. The van der Waals surface area contributed by atoms with Crippen LogP contribution >= 0.6 is 0 Å². The summed E-state index contributed by atoms with van der Waals surface area (Å²) in [6.07, 6.45) is 7.40. The highest BCUT2D eigenvalue weighted by Crippen LogP contribution is 2.24. The van der Waals surface area contributed by atoms with Gasteiger partial charge < -0.3 is 14.4 Å². The SMILES string of the molecule is CCN(C(=O)c1coc(CN2CCN(CC(C)(C)O)CC2)n1)C1CCCCC1. The molecular formula is C21H36N4O3. The number of hydrogen-bond acceptors (Lipinski definition) is 6. The van der Waals surface area contributed by atoms with Crippen LogP contribution in [0.15, 0.2) is 10.7 Å². The average Bonchev–Trinajstić information content (AvgIpc) is 3.12. The lowest BCUT2D eigenvalue weighted by Crippen LogP contribution is -2.50. The lowest BCUT2D eigenvalue weighted by atomic mass is 9.94. The topological polar surface area (TPSA) is 73.1 Å². The van der Waals surface area contributed by atoms with Crippen molar-refractivity contribution in [1.29, 1.82) is 0 Å². The van der Waals surface area contributed by atoms with Crippen molar-refractivity contribution in [2.45, 2.75) is 71.1 Å². The van der Waals surface area contributed by atoms with Crippen molar-refractivity contribution in [2.24, 2.45) is 0 Å². The molecule has 1 aliphatic carbocycles. The van der Waals surface area contributed by atoms with E-state index in [2.05, 4.69) is 14.8 Å². The molecule has 1 saturated heterocycles. The Labute approximate surface area is 168 Å². The molecule has 0 radical (unpaired) electrons. The number of amides is 1. The molecule has 1 N–H and O–H groups in total. The minimum atomic E-state index is -0.663. The maximum absolute atomic E-state index is 12.9. The van der Waals surface area contributed by atoms with Gasteiger partial charge in [-0.25, -0.2) is 4.98 Å². The van der Waals surface area contributed by atoms with Gasteiger partial charge >= 0.3 is 0 Å². The van der Waals surface area contributed by atoms with E-state index < -0.39 is 5.60 Å². The van der Waals surface area contributed by atoms with Gasteiger partial charge in [-0.2, -0.15) is 0 Å². The number of aromatic nitrogens is 1. The van der Waals surface area contributed by atoms with Crippen LogP contribution in [0, 0.1) is 0 Å². The first-order chi connectivity index (χ1) is 13.4. The molecule has 3 rings (SSSR count). The summed E-state index contributed by atoms with van der Waals surface area (Å²) < 4.78 is 5.62. The number of carbonyl (C=O) groups is 1. The summed E-state index contributed by atoms with van der Waals surface area (Å²) in [6.45, 7) is 11.4. The Hall–Kier alpha value is -1.44. The summed E-state index contributed by atoms with van der Waals surface area (Å²) >= 11 is 0. The second-order valence-electron chi connectivity index (χ2n) is 8.87. The summed E-state index contributed by atoms with van der Waals surface area (Å²) in [4.78, 5) is 24.0. The van der Waals surface area contributed by atoms with Crippen LogP contribution in [-0.2, 0) is 6.54 Å². The van der Waals surface area contributed by atoms with Crippen molar-refractivity contribution in [1.82, 2.24) is 19.7 Å². The number of aliphatic hydroxyl groups is 1. The van der Waals surface area contributed by atoms with Crippen LogP contribution in [0.5, 0.6) is 0 Å². The van der Waals surface area contributed by atoms with Crippen LogP contribution in [0.3, 0.4) is 0 Å². The smallest absolute Gasteiger partial charge is 0.276 e. The maximum Gasteiger partial charge on any atom is 0.276 e. The van der Waals surface area contributed by atoms with Gasteiger partial charge in [0, 0.05) is 45.3 Å². The number of hydrogen-bond donors (Lipinski definition) is 1. The van der Waals surface area contributed by atoms with Crippen molar-refractivity contribution in [3.63, 3.8) is 0 Å². The molecule has 0 aromatic carbocycles. The second-order valence-corrected chi connectivity index (χ2v) is 8.87. The molecule has 0 spiro atoms. The molecule has 2 aliphatic rings. The molecular weight excluding hydrogens is 356 g/mol. The standard InChI is InChI=1S/C21H36N4O3/c1-4-25(17-8-6-5-7-9-17)20(26)18-15-28-19(22-18)14-23-10-12-24(13-11-23)16-21(2,3)27/h15,17,27H,4-14,16H2,1-3H3. The molecule has 2 fully saturated rings. The first-order valence-corrected chi connectivity index (χ1v) is 10.8. The number of piperazine rings is 1. The first kappa shape index (κ1) is 21.3. The van der Waals surface area contributed by atoms with Gasteiger partial charge in [-0.3, -0.25) is 14.6 Å². The van der Waals surface area contributed by atoms with Crippen LogP contribution in [0.4, 0.5) is 0 Å². The molecule has 1 saturated carbocycles. The summed E-state index contributed by atoms with van der Waals surface area (Å²) in [5, 5.41) is 9.97. The molecule has 0 unspecified atom stereocenters. The van der Waals surface area contributed by atoms with Crippen molar-refractivity contribution >= 4 is 5.91 Å². The van der Waals surface area contributed by atoms with Gasteiger partial charge in [0.2, 0.25) is 5.89 Å². The quantitative estimate of drug-likeness (QED) is 0.768. The van der Waals surface area contributed by atoms with E-state index >= 15 is 0 Å². The third kappa shape index (κ3) is 5.78. The number of rotatable bonds is 7. The Morgan fingerprint density at radius 2 is 1.86 bits per heavy atom. The molecule has 0 bridgehead atoms. The highest BCUT2D eigenvalue weighted by molar-refractivity contribution is 5.92. The van der Waals surface area contributed by atoms with Gasteiger partial charge in [-0.05, 0) is 33.6 Å². The minimum absolute atomic E-state index is 0.000559. The van der Waals surface area contributed by atoms with Gasteiger partial charge in [0.15, 0.2) is 5.69 Å². The van der Waals surface area contributed by atoms with Crippen LogP contribution in [0.25, 0.3) is 0 Å². The largest absolute Gasteiger partial charge is 0.447 e. The Bertz CT molecular complexity index is 626. The molecule has 7 nitrogen and oxygen atoms in total. The van der Waals surface area contributed by atoms with Gasteiger partial charge in [-0.1, -0.05) is 19.3 Å². The fraction of sp³-hybridized carbons (Fsp3) is 0.810. The predicted molar refractivity (Wildman–Crippen MR) is 108 cm³/mol. The summed E-state index contributed by atoms with van der Waals surface area (Å²) in [7, 11) is 0. The Morgan fingerprint density at radius 3 is 2.46 bits per heavy atom. The molecule has 158 valence electrons. The van der Waals surface area contributed by atoms with Crippen molar-refractivity contribution in [3.8, 4) is 0 Å². The zero-order valence-electron chi connectivity index (χ0n) is 17.7. The molecule has 28 heavy (non-hydrogen) atoms. The fourth-order valence-corrected chi connectivity index (χ4v) is 4.43. The molecule has 1 aromatic rings. The van der Waals surface area contributed by atoms with Crippen molar-refractivity contribution in [3.05, 3.63) is 17.8 Å². The number of carbonyl (C=O) groups excluding carboxylic acids is 1. The molecule has 1 amide bonds. The Balaban J connectivity index is 1.52. The molecule has 1 aliphatic heterocycles. The second kappa shape index (κ2) is 9.37. The zero-order valence-corrected chi connectivity index (χ0v) is 17.7. The van der Waals surface area contributed by atoms with Gasteiger partial charge in [-0.15, -0.1) is 0 Å². The molecule has 2 heterocycles. The van der Waals surface area contributed by atoms with E-state index in [4.69, 9.17) is 4.42 Å². The zero-order chi connectivity index (χ0) is 20.1. The van der Waals surface area contributed by atoms with E-state index in [0.29, 0.717) is 30.7 Å². The molecule has 7 heteroatoms. The van der Waals surface area contributed by atoms with E-state index in [1.165, 1.54) is 25.5 Å². The van der Waals surface area contributed by atoms with E-state index in [1.807, 2.05) is 25.7 Å². The number of nitrogens with zero attached hydrogens (tertiary/aromatic N) is 4.